The molecule has 0 N–H and O–H groups in total. The maximum absolute atomic E-state index is 11.0. The molecule has 0 bridgehead atoms. The van der Waals surface area contributed by atoms with Gasteiger partial charge in [0.1, 0.15) is 0 Å². The lowest BCUT2D eigenvalue weighted by molar-refractivity contribution is -0.605. The maximum Gasteiger partial charge on any atom is 0.209 e. The predicted octanol–water partition coefficient (Wildman–Crippen LogP) is 0.955. The second-order valence-electron chi connectivity index (χ2n) is 2.38. The molecule has 0 atom stereocenters. The highest BCUT2D eigenvalue weighted by Crippen LogP contribution is 2.25. The molecule has 2 rings (SSSR count). The molecule has 0 amide bonds. The van der Waals surface area contributed by atoms with Gasteiger partial charge in [-0.05, 0) is 6.26 Å². The van der Waals surface area contributed by atoms with Crippen molar-refractivity contribution in [3.05, 3.63) is 23.8 Å². The summed E-state index contributed by atoms with van der Waals surface area (Å²) >= 11 is 2.94. The second kappa shape index (κ2) is 3.89. The molecule has 72 valence electrons. The molecule has 2 aromatic heterocycles. The summed E-state index contributed by atoms with van der Waals surface area (Å²) in [6.45, 7) is 0. The van der Waals surface area contributed by atoms with E-state index in [-0.39, 0.29) is 0 Å². The van der Waals surface area contributed by atoms with E-state index in [0.29, 0.717) is 15.4 Å². The number of nitrogens with zero attached hydrogens (tertiary/aromatic N) is 4. The molecule has 0 aliphatic carbocycles. The van der Waals surface area contributed by atoms with Gasteiger partial charge in [-0.15, -0.1) is 10.2 Å². The van der Waals surface area contributed by atoms with Crippen molar-refractivity contribution in [2.45, 2.75) is 4.34 Å². The third kappa shape index (κ3) is 1.83. The van der Waals surface area contributed by atoms with E-state index in [1.165, 1.54) is 41.7 Å². The lowest BCUT2D eigenvalue weighted by atomic mass is 10.5. The lowest BCUT2D eigenvalue weighted by Crippen LogP contribution is -2.24. The highest BCUT2D eigenvalue weighted by atomic mass is 32.2. The molecule has 0 saturated heterocycles. The Kier molecular flexibility index (Phi) is 2.60. The maximum atomic E-state index is 11.0. The van der Waals surface area contributed by atoms with Crippen molar-refractivity contribution in [3.8, 4) is 10.7 Å². The standard InChI is InChI=1S/C7H6N4OS2/c1-13-7-10-9-6(14-7)5-4-11(12)3-2-8-5/h2-4H,1H3. The van der Waals surface area contributed by atoms with Crippen molar-refractivity contribution in [1.82, 2.24) is 15.2 Å². The minimum Gasteiger partial charge on any atom is -0.619 e. The SMILES string of the molecule is CSc1nnc(-c2c[n+]([O-])ccn2)s1. The Hall–Kier alpha value is -1.21. The number of thioether (sulfide) groups is 1. The van der Waals surface area contributed by atoms with Crippen molar-refractivity contribution >= 4 is 23.1 Å². The van der Waals surface area contributed by atoms with Crippen LogP contribution in [-0.2, 0) is 0 Å². The van der Waals surface area contributed by atoms with Gasteiger partial charge in [-0.3, -0.25) is 0 Å². The largest absolute Gasteiger partial charge is 0.619 e. The molecule has 2 aromatic rings. The minimum atomic E-state index is 0.556. The van der Waals surface area contributed by atoms with Crippen LogP contribution < -0.4 is 4.73 Å². The summed E-state index contributed by atoms with van der Waals surface area (Å²) in [6.07, 6.45) is 6.09. The zero-order chi connectivity index (χ0) is 9.97. The van der Waals surface area contributed by atoms with Gasteiger partial charge in [0.05, 0.1) is 6.20 Å². The molecule has 0 unspecified atom stereocenters. The van der Waals surface area contributed by atoms with Crippen LogP contribution >= 0.6 is 23.1 Å². The Bertz CT molecular complexity index is 445. The molecule has 0 aliphatic heterocycles. The molecule has 14 heavy (non-hydrogen) atoms. The predicted molar refractivity (Wildman–Crippen MR) is 53.9 cm³/mol. The van der Waals surface area contributed by atoms with E-state index in [2.05, 4.69) is 15.2 Å². The zero-order valence-corrected chi connectivity index (χ0v) is 8.88. The fourth-order valence-corrected chi connectivity index (χ4v) is 2.11. The summed E-state index contributed by atoms with van der Waals surface area (Å²) in [4.78, 5) is 4.04. The van der Waals surface area contributed by atoms with Crippen molar-refractivity contribution in [3.63, 3.8) is 0 Å². The van der Waals surface area contributed by atoms with Crippen LogP contribution in [0.3, 0.4) is 0 Å². The normalized spacial score (nSPS) is 10.4. The van der Waals surface area contributed by atoms with Crippen molar-refractivity contribution in [1.29, 1.82) is 0 Å². The van der Waals surface area contributed by atoms with Gasteiger partial charge in [-0.25, -0.2) is 4.98 Å². The van der Waals surface area contributed by atoms with Gasteiger partial charge in [0.2, 0.25) is 6.20 Å². The second-order valence-corrected chi connectivity index (χ2v) is 4.41. The van der Waals surface area contributed by atoms with E-state index in [1.54, 1.807) is 0 Å². The van der Waals surface area contributed by atoms with Gasteiger partial charge in [0.25, 0.3) is 0 Å². The average molecular weight is 226 g/mol. The van der Waals surface area contributed by atoms with E-state index in [0.717, 1.165) is 4.34 Å². The van der Waals surface area contributed by atoms with Crippen LogP contribution in [0.1, 0.15) is 0 Å². The summed E-state index contributed by atoms with van der Waals surface area (Å²) < 4.78 is 1.56. The molecular formula is C7H6N4OS2. The first-order valence-electron chi connectivity index (χ1n) is 3.72. The third-order valence-corrected chi connectivity index (χ3v) is 3.40. The molecule has 0 aromatic carbocycles. The molecule has 0 spiro atoms. The summed E-state index contributed by atoms with van der Waals surface area (Å²) in [5, 5.41) is 19.5. The van der Waals surface area contributed by atoms with Crippen LogP contribution in [0.15, 0.2) is 22.9 Å². The smallest absolute Gasteiger partial charge is 0.209 e. The summed E-state index contributed by atoms with van der Waals surface area (Å²) in [7, 11) is 0. The summed E-state index contributed by atoms with van der Waals surface area (Å²) in [5.41, 5.74) is 0.556. The monoisotopic (exact) mass is 226 g/mol. The van der Waals surface area contributed by atoms with Crippen molar-refractivity contribution in [2.24, 2.45) is 0 Å². The fraction of sp³-hybridized carbons (Fsp3) is 0.143. The van der Waals surface area contributed by atoms with E-state index in [4.69, 9.17) is 0 Å². The van der Waals surface area contributed by atoms with Crippen LogP contribution in [-0.4, -0.2) is 21.4 Å². The average Bonchev–Trinajstić information content (AvgIpc) is 2.66. The Morgan fingerprint density at radius 3 is 3.00 bits per heavy atom. The van der Waals surface area contributed by atoms with Crippen molar-refractivity contribution in [2.75, 3.05) is 6.26 Å². The number of hydrogen-bond acceptors (Lipinski definition) is 6. The quantitative estimate of drug-likeness (QED) is 0.433. The van der Waals surface area contributed by atoms with Gasteiger partial charge in [-0.1, -0.05) is 23.1 Å². The Balaban J connectivity index is 2.39. The molecule has 0 aliphatic rings. The highest BCUT2D eigenvalue weighted by molar-refractivity contribution is 8.00. The van der Waals surface area contributed by atoms with Gasteiger partial charge < -0.3 is 5.21 Å². The molecule has 0 fully saturated rings. The van der Waals surface area contributed by atoms with Crippen LogP contribution in [0.4, 0.5) is 0 Å². The fourth-order valence-electron chi connectivity index (χ4n) is 0.882. The molecule has 0 radical (unpaired) electrons. The summed E-state index contributed by atoms with van der Waals surface area (Å²) in [5.74, 6) is 0. The number of aromatic nitrogens is 4. The minimum absolute atomic E-state index is 0.556. The Morgan fingerprint density at radius 1 is 1.50 bits per heavy atom. The summed E-state index contributed by atoms with van der Waals surface area (Å²) in [6, 6.07) is 0. The number of rotatable bonds is 2. The van der Waals surface area contributed by atoms with Gasteiger partial charge >= 0.3 is 0 Å². The Labute approximate surface area is 88.4 Å². The number of hydrogen-bond donors (Lipinski definition) is 0. The van der Waals surface area contributed by atoms with Crippen LogP contribution in [0.25, 0.3) is 10.7 Å². The Morgan fingerprint density at radius 2 is 2.36 bits per heavy atom. The van der Waals surface area contributed by atoms with Gasteiger partial charge in [0.15, 0.2) is 21.2 Å². The molecule has 0 saturated carbocycles. The van der Waals surface area contributed by atoms with Crippen LogP contribution in [0.5, 0.6) is 0 Å². The molecule has 7 heteroatoms. The molecule has 5 nitrogen and oxygen atoms in total. The molecular weight excluding hydrogens is 220 g/mol. The topological polar surface area (TPSA) is 65.6 Å². The van der Waals surface area contributed by atoms with Gasteiger partial charge in [0, 0.05) is 0 Å². The van der Waals surface area contributed by atoms with E-state index < -0.39 is 0 Å². The van der Waals surface area contributed by atoms with Gasteiger partial charge in [-0.2, -0.15) is 4.73 Å². The van der Waals surface area contributed by atoms with Crippen LogP contribution in [0, 0.1) is 5.21 Å². The third-order valence-electron chi connectivity index (χ3n) is 1.48. The van der Waals surface area contributed by atoms with E-state index >= 15 is 0 Å². The van der Waals surface area contributed by atoms with Crippen LogP contribution in [0.2, 0.25) is 0 Å². The van der Waals surface area contributed by atoms with E-state index in [9.17, 15) is 5.21 Å². The van der Waals surface area contributed by atoms with E-state index in [1.807, 2.05) is 6.26 Å². The molecule has 2 heterocycles. The zero-order valence-electron chi connectivity index (χ0n) is 7.25. The lowest BCUT2D eigenvalue weighted by Gasteiger charge is -1.94. The first-order valence-corrected chi connectivity index (χ1v) is 5.76. The first-order chi connectivity index (χ1) is 6.79. The first kappa shape index (κ1) is 9.35. The highest BCUT2D eigenvalue weighted by Gasteiger charge is 2.09. The van der Waals surface area contributed by atoms with Crippen molar-refractivity contribution < 1.29 is 4.73 Å².